The van der Waals surface area contributed by atoms with Crippen LogP contribution in [0.3, 0.4) is 0 Å². The highest BCUT2D eigenvalue weighted by Gasteiger charge is 2.32. The number of aliphatic imine (C=N–C) groups is 1. The Morgan fingerprint density at radius 2 is 1.76 bits per heavy atom. The Balaban J connectivity index is 1.53. The summed E-state index contributed by atoms with van der Waals surface area (Å²) in [4.78, 5) is 31.5. The number of rotatable bonds is 6. The molecule has 0 radical (unpaired) electrons. The van der Waals surface area contributed by atoms with E-state index in [4.69, 9.17) is 4.74 Å². The summed E-state index contributed by atoms with van der Waals surface area (Å²) in [6.07, 6.45) is 1.68. The lowest BCUT2D eigenvalue weighted by atomic mass is 10.2. The Morgan fingerprint density at radius 1 is 1.06 bits per heavy atom. The van der Waals surface area contributed by atoms with Gasteiger partial charge in [-0.3, -0.25) is 14.5 Å². The predicted molar refractivity (Wildman–Crippen MR) is 130 cm³/mol. The van der Waals surface area contributed by atoms with Crippen LogP contribution in [0.4, 0.5) is 15.8 Å². The number of amides is 2. The molecule has 1 aliphatic heterocycles. The number of carbonyl (C=O) groups excluding carboxylic acids is 2. The zero-order valence-corrected chi connectivity index (χ0v) is 18.5. The SMILES string of the molecule is COc1ccc(NC(=O)CSC2=NC(=Cc3ccccc3)C(=O)N2c2ccc(F)cc2)cc1. The molecule has 3 aromatic carbocycles. The minimum absolute atomic E-state index is 0.0362. The standard InChI is InChI=1S/C25H20FN3O3S/c1-32-21-13-9-19(10-14-21)27-23(30)16-33-25-28-22(15-17-5-3-2-4-6-17)24(31)29(25)20-11-7-18(26)8-12-20/h2-15H,16H2,1H3,(H,27,30). The van der Waals surface area contributed by atoms with E-state index in [9.17, 15) is 14.0 Å². The first kappa shape index (κ1) is 22.3. The lowest BCUT2D eigenvalue weighted by Gasteiger charge is -2.17. The Bertz CT molecular complexity index is 1210. The second-order valence-electron chi connectivity index (χ2n) is 7.02. The van der Waals surface area contributed by atoms with Gasteiger partial charge >= 0.3 is 0 Å². The summed E-state index contributed by atoms with van der Waals surface area (Å²) in [7, 11) is 1.57. The molecule has 6 nitrogen and oxygen atoms in total. The molecular formula is C25H20FN3O3S. The molecule has 0 aromatic heterocycles. The van der Waals surface area contributed by atoms with Crippen LogP contribution in [-0.4, -0.2) is 29.8 Å². The topological polar surface area (TPSA) is 71.0 Å². The van der Waals surface area contributed by atoms with Crippen LogP contribution in [0.2, 0.25) is 0 Å². The summed E-state index contributed by atoms with van der Waals surface area (Å²) in [6, 6.07) is 21.9. The normalized spacial score (nSPS) is 14.4. The van der Waals surface area contributed by atoms with Crippen LogP contribution < -0.4 is 15.0 Å². The highest BCUT2D eigenvalue weighted by molar-refractivity contribution is 8.14. The second kappa shape index (κ2) is 10.1. The summed E-state index contributed by atoms with van der Waals surface area (Å²) in [6.45, 7) is 0. The number of nitrogens with one attached hydrogen (secondary N) is 1. The highest BCUT2D eigenvalue weighted by atomic mass is 32.2. The van der Waals surface area contributed by atoms with Crippen LogP contribution in [-0.2, 0) is 9.59 Å². The lowest BCUT2D eigenvalue weighted by molar-refractivity contribution is -0.114. The van der Waals surface area contributed by atoms with Crippen molar-refractivity contribution in [3.05, 3.63) is 95.9 Å². The van der Waals surface area contributed by atoms with Crippen LogP contribution in [0.15, 0.2) is 89.6 Å². The number of ether oxygens (including phenoxy) is 1. The summed E-state index contributed by atoms with van der Waals surface area (Å²) in [5.74, 6) is -0.276. The van der Waals surface area contributed by atoms with Crippen molar-refractivity contribution in [2.24, 2.45) is 4.99 Å². The summed E-state index contributed by atoms with van der Waals surface area (Å²) in [5.41, 5.74) is 2.17. The van der Waals surface area contributed by atoms with E-state index >= 15 is 0 Å². The van der Waals surface area contributed by atoms with Crippen molar-refractivity contribution in [3.8, 4) is 5.75 Å². The summed E-state index contributed by atoms with van der Waals surface area (Å²) in [5, 5.41) is 3.15. The van der Waals surface area contributed by atoms with Crippen molar-refractivity contribution < 1.29 is 18.7 Å². The van der Waals surface area contributed by atoms with E-state index in [0.29, 0.717) is 22.3 Å². The molecule has 0 atom stereocenters. The molecule has 0 spiro atoms. The van der Waals surface area contributed by atoms with Crippen molar-refractivity contribution in [2.75, 3.05) is 23.1 Å². The molecule has 8 heteroatoms. The summed E-state index contributed by atoms with van der Waals surface area (Å²) >= 11 is 1.13. The number of methoxy groups -OCH3 is 1. The van der Waals surface area contributed by atoms with E-state index in [2.05, 4.69) is 10.3 Å². The molecular weight excluding hydrogens is 441 g/mol. The number of hydrogen-bond acceptors (Lipinski definition) is 5. The van der Waals surface area contributed by atoms with E-state index in [-0.39, 0.29) is 23.3 Å². The van der Waals surface area contributed by atoms with Gasteiger partial charge in [0.2, 0.25) is 5.91 Å². The van der Waals surface area contributed by atoms with Gasteiger partial charge in [0, 0.05) is 5.69 Å². The van der Waals surface area contributed by atoms with Crippen LogP contribution in [0, 0.1) is 5.82 Å². The zero-order valence-electron chi connectivity index (χ0n) is 17.7. The molecule has 166 valence electrons. The van der Waals surface area contributed by atoms with Gasteiger partial charge in [-0.15, -0.1) is 0 Å². The average Bonchev–Trinajstić information content (AvgIpc) is 3.14. The van der Waals surface area contributed by atoms with Gasteiger partial charge in [-0.05, 0) is 60.2 Å². The minimum Gasteiger partial charge on any atom is -0.497 e. The van der Waals surface area contributed by atoms with Crippen molar-refractivity contribution in [1.29, 1.82) is 0 Å². The molecule has 0 unspecified atom stereocenters. The smallest absolute Gasteiger partial charge is 0.283 e. The molecule has 0 saturated heterocycles. The van der Waals surface area contributed by atoms with E-state index in [1.54, 1.807) is 37.5 Å². The first-order chi connectivity index (χ1) is 16.0. The molecule has 33 heavy (non-hydrogen) atoms. The maximum Gasteiger partial charge on any atom is 0.283 e. The van der Waals surface area contributed by atoms with Crippen molar-refractivity contribution in [2.45, 2.75) is 0 Å². The molecule has 2 amide bonds. The highest BCUT2D eigenvalue weighted by Crippen LogP contribution is 2.29. The second-order valence-corrected chi connectivity index (χ2v) is 7.96. The number of benzene rings is 3. The molecule has 0 fully saturated rings. The van der Waals surface area contributed by atoms with Gasteiger partial charge < -0.3 is 10.1 Å². The number of carbonyl (C=O) groups is 2. The van der Waals surface area contributed by atoms with Crippen LogP contribution in [0.25, 0.3) is 6.08 Å². The fourth-order valence-electron chi connectivity index (χ4n) is 3.12. The number of anilines is 2. The molecule has 4 rings (SSSR count). The average molecular weight is 462 g/mol. The number of nitrogens with zero attached hydrogens (tertiary/aromatic N) is 2. The van der Waals surface area contributed by atoms with E-state index in [1.165, 1.54) is 29.2 Å². The van der Waals surface area contributed by atoms with E-state index in [1.807, 2.05) is 30.3 Å². The van der Waals surface area contributed by atoms with E-state index < -0.39 is 5.82 Å². The fourth-order valence-corrected chi connectivity index (χ4v) is 3.93. The molecule has 1 aliphatic rings. The van der Waals surface area contributed by atoms with Crippen molar-refractivity contribution >= 4 is 46.2 Å². The third-order valence-electron chi connectivity index (χ3n) is 4.72. The molecule has 0 bridgehead atoms. The molecule has 1 N–H and O–H groups in total. The number of hydrogen-bond donors (Lipinski definition) is 1. The number of thioether (sulfide) groups is 1. The van der Waals surface area contributed by atoms with E-state index in [0.717, 1.165) is 17.3 Å². The van der Waals surface area contributed by atoms with Crippen LogP contribution in [0.1, 0.15) is 5.56 Å². The van der Waals surface area contributed by atoms with Crippen molar-refractivity contribution in [1.82, 2.24) is 0 Å². The van der Waals surface area contributed by atoms with Crippen LogP contribution >= 0.6 is 11.8 Å². The van der Waals surface area contributed by atoms with Crippen LogP contribution in [0.5, 0.6) is 5.75 Å². The maximum absolute atomic E-state index is 13.4. The Hall–Kier alpha value is -3.91. The third kappa shape index (κ3) is 5.48. The Labute approximate surface area is 194 Å². The Morgan fingerprint density at radius 3 is 2.42 bits per heavy atom. The largest absolute Gasteiger partial charge is 0.497 e. The minimum atomic E-state index is -0.407. The van der Waals surface area contributed by atoms with Gasteiger partial charge in [0.1, 0.15) is 17.3 Å². The van der Waals surface area contributed by atoms with Gasteiger partial charge in [0.25, 0.3) is 5.91 Å². The van der Waals surface area contributed by atoms with Gasteiger partial charge in [0.15, 0.2) is 5.17 Å². The van der Waals surface area contributed by atoms with Gasteiger partial charge in [-0.2, -0.15) is 0 Å². The lowest BCUT2D eigenvalue weighted by Crippen LogP contribution is -2.31. The summed E-state index contributed by atoms with van der Waals surface area (Å²) < 4.78 is 18.5. The predicted octanol–water partition coefficient (Wildman–Crippen LogP) is 4.95. The first-order valence-corrected chi connectivity index (χ1v) is 11.0. The third-order valence-corrected chi connectivity index (χ3v) is 5.66. The molecule has 1 heterocycles. The monoisotopic (exact) mass is 461 g/mol. The van der Waals surface area contributed by atoms with Gasteiger partial charge in [0.05, 0.1) is 18.6 Å². The van der Waals surface area contributed by atoms with Crippen molar-refractivity contribution in [3.63, 3.8) is 0 Å². The molecule has 3 aromatic rings. The first-order valence-electron chi connectivity index (χ1n) is 10.1. The quantitative estimate of drug-likeness (QED) is 0.528. The fraction of sp³-hybridized carbons (Fsp3) is 0.0800. The maximum atomic E-state index is 13.4. The number of amidine groups is 1. The molecule has 0 saturated carbocycles. The molecule has 0 aliphatic carbocycles. The Kier molecular flexibility index (Phi) is 6.85. The van der Waals surface area contributed by atoms with Gasteiger partial charge in [-0.25, -0.2) is 9.38 Å². The number of halogens is 1. The van der Waals surface area contributed by atoms with Gasteiger partial charge in [-0.1, -0.05) is 42.1 Å². The zero-order chi connectivity index (χ0) is 23.2.